The predicted molar refractivity (Wildman–Crippen MR) is 79.6 cm³/mol. The second-order valence-corrected chi connectivity index (χ2v) is 5.40. The molecule has 0 spiro atoms. The lowest BCUT2D eigenvalue weighted by Gasteiger charge is -2.23. The Hall–Kier alpha value is -1.59. The van der Waals surface area contributed by atoms with E-state index in [-0.39, 0.29) is 6.04 Å². The minimum atomic E-state index is -0.544. The van der Waals surface area contributed by atoms with Crippen molar-refractivity contribution < 1.29 is 9.53 Å². The van der Waals surface area contributed by atoms with E-state index in [1.54, 1.807) is 7.11 Å². The number of hydrogen-bond acceptors (Lipinski definition) is 3. The van der Waals surface area contributed by atoms with Gasteiger partial charge in [-0.05, 0) is 43.4 Å². The van der Waals surface area contributed by atoms with E-state index in [4.69, 9.17) is 10.5 Å². The predicted octanol–water partition coefficient (Wildman–Crippen LogP) is 2.25. The lowest BCUT2D eigenvalue weighted by atomic mass is 10.1. The van der Waals surface area contributed by atoms with Crippen LogP contribution in [0.15, 0.2) is 24.3 Å². The first kappa shape index (κ1) is 14.8. The number of nitrogens with one attached hydrogen (secondary N) is 2. The molecule has 4 N–H and O–H groups in total. The van der Waals surface area contributed by atoms with Crippen molar-refractivity contribution in [2.45, 2.75) is 31.8 Å². The van der Waals surface area contributed by atoms with Crippen LogP contribution in [0.1, 0.15) is 31.4 Å². The Kier molecular flexibility index (Phi) is 4.98. The van der Waals surface area contributed by atoms with Crippen LogP contribution in [0.5, 0.6) is 0 Å². The summed E-state index contributed by atoms with van der Waals surface area (Å²) >= 11 is 0. The first-order chi connectivity index (χ1) is 9.60. The molecule has 2 rings (SSSR count). The number of ether oxygens (including phenoxy) is 1. The number of nitrogens with two attached hydrogens (primary N) is 1. The van der Waals surface area contributed by atoms with Crippen LogP contribution in [-0.2, 0) is 4.74 Å². The topological polar surface area (TPSA) is 76.4 Å². The first-order valence-corrected chi connectivity index (χ1v) is 7.01. The van der Waals surface area contributed by atoms with Gasteiger partial charge in [-0.3, -0.25) is 0 Å². The summed E-state index contributed by atoms with van der Waals surface area (Å²) in [6.45, 7) is 2.89. The number of benzene rings is 1. The van der Waals surface area contributed by atoms with Crippen LogP contribution in [0.4, 0.5) is 10.5 Å². The molecule has 2 unspecified atom stereocenters. The SMILES string of the molecule is COCC(NC(C)c1ccc(NC(N)=O)cc1)C1CC1. The van der Waals surface area contributed by atoms with Crippen molar-refractivity contribution in [3.05, 3.63) is 29.8 Å². The maximum absolute atomic E-state index is 10.8. The molecule has 0 aliphatic heterocycles. The van der Waals surface area contributed by atoms with E-state index in [9.17, 15) is 4.79 Å². The second-order valence-electron chi connectivity index (χ2n) is 5.40. The van der Waals surface area contributed by atoms with Crippen molar-refractivity contribution in [3.63, 3.8) is 0 Å². The van der Waals surface area contributed by atoms with Crippen molar-refractivity contribution in [1.29, 1.82) is 0 Å². The minimum Gasteiger partial charge on any atom is -0.383 e. The van der Waals surface area contributed by atoms with Gasteiger partial charge in [0.25, 0.3) is 0 Å². The number of methoxy groups -OCH3 is 1. The zero-order valence-corrected chi connectivity index (χ0v) is 12.1. The zero-order chi connectivity index (χ0) is 14.5. The van der Waals surface area contributed by atoms with Crippen LogP contribution >= 0.6 is 0 Å². The molecule has 1 aliphatic carbocycles. The molecule has 0 aromatic heterocycles. The van der Waals surface area contributed by atoms with E-state index in [2.05, 4.69) is 17.6 Å². The summed E-state index contributed by atoms with van der Waals surface area (Å²) in [6.07, 6.45) is 2.57. The fourth-order valence-electron chi connectivity index (χ4n) is 2.41. The number of hydrogen-bond donors (Lipinski definition) is 3. The average Bonchev–Trinajstić information content (AvgIpc) is 3.22. The standard InChI is InChI=1S/C15H23N3O2/c1-10(17-14(9-20-2)12-3-4-12)11-5-7-13(8-6-11)18-15(16)19/h5-8,10,12,14,17H,3-4,9H2,1-2H3,(H3,16,18,19). The summed E-state index contributed by atoms with van der Waals surface area (Å²) < 4.78 is 5.28. The third-order valence-electron chi connectivity index (χ3n) is 3.68. The van der Waals surface area contributed by atoms with Crippen molar-refractivity contribution in [3.8, 4) is 0 Å². The number of rotatable bonds is 7. The minimum absolute atomic E-state index is 0.248. The molecule has 1 aromatic carbocycles. The maximum Gasteiger partial charge on any atom is 0.316 e. The Balaban J connectivity index is 1.93. The van der Waals surface area contributed by atoms with E-state index in [1.807, 2.05) is 24.3 Å². The molecular weight excluding hydrogens is 254 g/mol. The molecule has 1 saturated carbocycles. The van der Waals surface area contributed by atoms with Crippen LogP contribution in [0, 0.1) is 5.92 Å². The third kappa shape index (κ3) is 4.21. The van der Waals surface area contributed by atoms with Crippen LogP contribution in [0.25, 0.3) is 0 Å². The molecule has 0 radical (unpaired) electrons. The van der Waals surface area contributed by atoms with Crippen LogP contribution < -0.4 is 16.4 Å². The summed E-state index contributed by atoms with van der Waals surface area (Å²) in [7, 11) is 1.74. The highest BCUT2D eigenvalue weighted by atomic mass is 16.5. The van der Waals surface area contributed by atoms with Gasteiger partial charge in [0.05, 0.1) is 6.61 Å². The Bertz CT molecular complexity index is 443. The molecular formula is C15H23N3O2. The van der Waals surface area contributed by atoms with Crippen molar-refractivity contribution in [2.24, 2.45) is 11.7 Å². The van der Waals surface area contributed by atoms with Gasteiger partial charge >= 0.3 is 6.03 Å². The molecule has 1 aliphatic rings. The summed E-state index contributed by atoms with van der Waals surface area (Å²) in [5.41, 5.74) is 6.98. The molecule has 2 amide bonds. The number of anilines is 1. The van der Waals surface area contributed by atoms with Crippen molar-refractivity contribution in [1.82, 2.24) is 5.32 Å². The van der Waals surface area contributed by atoms with Gasteiger partial charge in [0, 0.05) is 24.9 Å². The van der Waals surface area contributed by atoms with E-state index >= 15 is 0 Å². The summed E-state index contributed by atoms with van der Waals surface area (Å²) in [6, 6.07) is 7.84. The quantitative estimate of drug-likeness (QED) is 0.715. The molecule has 0 heterocycles. The number of carbonyl (C=O) groups is 1. The van der Waals surface area contributed by atoms with Gasteiger partial charge in [0.2, 0.25) is 0 Å². The summed E-state index contributed by atoms with van der Waals surface area (Å²) in [5.74, 6) is 0.744. The van der Waals surface area contributed by atoms with Gasteiger partial charge < -0.3 is 21.1 Å². The number of carbonyl (C=O) groups excluding carboxylic acids is 1. The molecule has 20 heavy (non-hydrogen) atoms. The highest BCUT2D eigenvalue weighted by Crippen LogP contribution is 2.34. The zero-order valence-electron chi connectivity index (χ0n) is 12.1. The number of primary amides is 1. The van der Waals surface area contributed by atoms with Gasteiger partial charge in [-0.15, -0.1) is 0 Å². The Morgan fingerprint density at radius 3 is 2.55 bits per heavy atom. The molecule has 2 atom stereocenters. The Morgan fingerprint density at radius 1 is 1.40 bits per heavy atom. The molecule has 1 aromatic rings. The Morgan fingerprint density at radius 2 is 2.05 bits per heavy atom. The van der Waals surface area contributed by atoms with Crippen LogP contribution in [0.2, 0.25) is 0 Å². The highest BCUT2D eigenvalue weighted by Gasteiger charge is 2.31. The molecule has 0 bridgehead atoms. The van der Waals surface area contributed by atoms with Gasteiger partial charge in [-0.1, -0.05) is 12.1 Å². The highest BCUT2D eigenvalue weighted by molar-refractivity contribution is 5.87. The maximum atomic E-state index is 10.8. The van der Waals surface area contributed by atoms with E-state index in [1.165, 1.54) is 18.4 Å². The van der Waals surface area contributed by atoms with Gasteiger partial charge in [-0.2, -0.15) is 0 Å². The molecule has 0 saturated heterocycles. The van der Waals surface area contributed by atoms with E-state index < -0.39 is 6.03 Å². The van der Waals surface area contributed by atoms with Crippen molar-refractivity contribution >= 4 is 11.7 Å². The fraction of sp³-hybridized carbons (Fsp3) is 0.533. The lowest BCUT2D eigenvalue weighted by molar-refractivity contribution is 0.152. The van der Waals surface area contributed by atoms with Gasteiger partial charge in [-0.25, -0.2) is 4.79 Å². The van der Waals surface area contributed by atoms with E-state index in [0.717, 1.165) is 12.5 Å². The Labute approximate surface area is 119 Å². The molecule has 5 heteroatoms. The van der Waals surface area contributed by atoms with Crippen LogP contribution in [0.3, 0.4) is 0 Å². The molecule has 5 nitrogen and oxygen atoms in total. The monoisotopic (exact) mass is 277 g/mol. The second kappa shape index (κ2) is 6.72. The van der Waals surface area contributed by atoms with E-state index in [0.29, 0.717) is 11.7 Å². The molecule has 110 valence electrons. The summed E-state index contributed by atoms with van der Waals surface area (Å²) in [5, 5.41) is 6.18. The lowest BCUT2D eigenvalue weighted by Crippen LogP contribution is -2.36. The third-order valence-corrected chi connectivity index (χ3v) is 3.68. The first-order valence-electron chi connectivity index (χ1n) is 7.01. The fourth-order valence-corrected chi connectivity index (χ4v) is 2.41. The normalized spacial score (nSPS) is 17.5. The smallest absolute Gasteiger partial charge is 0.316 e. The summed E-state index contributed by atoms with van der Waals surface area (Å²) in [4.78, 5) is 10.8. The van der Waals surface area contributed by atoms with Gasteiger partial charge in [0.1, 0.15) is 0 Å². The molecule has 1 fully saturated rings. The number of amides is 2. The van der Waals surface area contributed by atoms with Crippen LogP contribution in [-0.4, -0.2) is 25.8 Å². The largest absolute Gasteiger partial charge is 0.383 e. The number of urea groups is 1. The van der Waals surface area contributed by atoms with Gasteiger partial charge in [0.15, 0.2) is 0 Å². The van der Waals surface area contributed by atoms with Crippen molar-refractivity contribution in [2.75, 3.05) is 19.0 Å². The average molecular weight is 277 g/mol.